The van der Waals surface area contributed by atoms with Gasteiger partial charge in [0.1, 0.15) is 11.8 Å². The van der Waals surface area contributed by atoms with Crippen molar-refractivity contribution in [2.24, 2.45) is 0 Å². The molecule has 0 bridgehead atoms. The molecule has 2 heterocycles. The first kappa shape index (κ1) is 12.1. The zero-order valence-corrected chi connectivity index (χ0v) is 10.6. The highest BCUT2D eigenvalue weighted by Gasteiger charge is 2.14. The molecule has 0 aliphatic heterocycles. The summed E-state index contributed by atoms with van der Waals surface area (Å²) in [4.78, 5) is 4.09. The lowest BCUT2D eigenvalue weighted by molar-refractivity contribution is 0.655. The Morgan fingerprint density at radius 1 is 1.10 bits per heavy atom. The van der Waals surface area contributed by atoms with E-state index in [9.17, 15) is 5.26 Å². The van der Waals surface area contributed by atoms with Crippen LogP contribution in [0, 0.1) is 11.3 Å². The van der Waals surface area contributed by atoms with Gasteiger partial charge in [-0.1, -0.05) is 35.5 Å². The van der Waals surface area contributed by atoms with Crippen LogP contribution in [-0.4, -0.2) is 20.0 Å². The third kappa shape index (κ3) is 2.27. The van der Waals surface area contributed by atoms with Gasteiger partial charge in [-0.25, -0.2) is 4.68 Å². The Morgan fingerprint density at radius 2 is 1.95 bits per heavy atom. The van der Waals surface area contributed by atoms with Gasteiger partial charge in [-0.2, -0.15) is 5.26 Å². The number of aromatic nitrogens is 4. The Balaban J connectivity index is 2.05. The molecule has 3 rings (SSSR count). The van der Waals surface area contributed by atoms with E-state index >= 15 is 0 Å². The summed E-state index contributed by atoms with van der Waals surface area (Å²) >= 11 is 0. The molecule has 0 saturated heterocycles. The van der Waals surface area contributed by atoms with Crippen LogP contribution in [0.4, 0.5) is 0 Å². The summed E-state index contributed by atoms with van der Waals surface area (Å²) in [5.41, 5.74) is 2.95. The summed E-state index contributed by atoms with van der Waals surface area (Å²) in [6.07, 6.45) is 3.40. The largest absolute Gasteiger partial charge is 0.264 e. The monoisotopic (exact) mass is 261 g/mol. The third-order valence-electron chi connectivity index (χ3n) is 2.95. The third-order valence-corrected chi connectivity index (χ3v) is 2.95. The predicted molar refractivity (Wildman–Crippen MR) is 73.5 cm³/mol. The van der Waals surface area contributed by atoms with Gasteiger partial charge in [0.05, 0.1) is 6.54 Å². The Kier molecular flexibility index (Phi) is 3.21. The van der Waals surface area contributed by atoms with Gasteiger partial charge in [-0.15, -0.1) is 5.10 Å². The number of pyridine rings is 1. The molecule has 20 heavy (non-hydrogen) atoms. The van der Waals surface area contributed by atoms with Gasteiger partial charge in [-0.3, -0.25) is 4.98 Å². The second-order valence-electron chi connectivity index (χ2n) is 4.28. The molecular weight excluding hydrogens is 250 g/mol. The van der Waals surface area contributed by atoms with Gasteiger partial charge in [0.2, 0.25) is 0 Å². The molecule has 5 heteroatoms. The predicted octanol–water partition coefficient (Wildman–Crippen LogP) is 2.26. The molecule has 0 amide bonds. The van der Waals surface area contributed by atoms with Crippen LogP contribution in [0.25, 0.3) is 11.3 Å². The number of benzene rings is 1. The first-order valence-electron chi connectivity index (χ1n) is 6.16. The van der Waals surface area contributed by atoms with Crippen LogP contribution in [0.1, 0.15) is 11.3 Å². The molecule has 0 aliphatic carbocycles. The number of rotatable bonds is 3. The second kappa shape index (κ2) is 5.33. The van der Waals surface area contributed by atoms with Crippen LogP contribution in [0.15, 0.2) is 54.9 Å². The van der Waals surface area contributed by atoms with Crippen LogP contribution in [-0.2, 0) is 6.54 Å². The van der Waals surface area contributed by atoms with Crippen LogP contribution in [0.3, 0.4) is 0 Å². The van der Waals surface area contributed by atoms with Crippen LogP contribution in [0.2, 0.25) is 0 Å². The van der Waals surface area contributed by atoms with Gasteiger partial charge in [0, 0.05) is 18.0 Å². The molecule has 0 radical (unpaired) electrons. The van der Waals surface area contributed by atoms with Crippen molar-refractivity contribution in [2.75, 3.05) is 0 Å². The lowest BCUT2D eigenvalue weighted by Gasteiger charge is -2.06. The highest BCUT2D eigenvalue weighted by molar-refractivity contribution is 5.63. The van der Waals surface area contributed by atoms with Crippen LogP contribution in [0.5, 0.6) is 0 Å². The van der Waals surface area contributed by atoms with Crippen molar-refractivity contribution < 1.29 is 0 Å². The van der Waals surface area contributed by atoms with Gasteiger partial charge in [-0.05, 0) is 17.7 Å². The van der Waals surface area contributed by atoms with Crippen molar-refractivity contribution >= 4 is 0 Å². The average Bonchev–Trinajstić information content (AvgIpc) is 2.92. The molecule has 0 spiro atoms. The second-order valence-corrected chi connectivity index (χ2v) is 4.28. The van der Waals surface area contributed by atoms with E-state index < -0.39 is 0 Å². The number of nitrogens with zero attached hydrogens (tertiary/aromatic N) is 5. The minimum atomic E-state index is 0.314. The lowest BCUT2D eigenvalue weighted by atomic mass is 10.1. The Labute approximate surface area is 116 Å². The van der Waals surface area contributed by atoms with E-state index in [1.54, 1.807) is 17.1 Å². The van der Waals surface area contributed by atoms with Crippen molar-refractivity contribution in [3.63, 3.8) is 0 Å². The van der Waals surface area contributed by atoms with Crippen molar-refractivity contribution in [3.8, 4) is 17.3 Å². The fourth-order valence-corrected chi connectivity index (χ4v) is 2.04. The van der Waals surface area contributed by atoms with E-state index in [1.165, 1.54) is 0 Å². The first-order chi connectivity index (χ1) is 9.88. The summed E-state index contributed by atoms with van der Waals surface area (Å²) in [7, 11) is 0. The van der Waals surface area contributed by atoms with Crippen molar-refractivity contribution in [1.29, 1.82) is 5.26 Å². The SMILES string of the molecule is N#Cc1nnn(Cc2ccccc2)c1-c1cccnc1. The van der Waals surface area contributed by atoms with E-state index in [-0.39, 0.29) is 0 Å². The molecular formula is C15H11N5. The number of nitriles is 1. The van der Waals surface area contributed by atoms with Crippen molar-refractivity contribution in [2.45, 2.75) is 6.54 Å². The number of hydrogen-bond donors (Lipinski definition) is 0. The van der Waals surface area contributed by atoms with E-state index in [4.69, 9.17) is 0 Å². The fraction of sp³-hybridized carbons (Fsp3) is 0.0667. The highest BCUT2D eigenvalue weighted by Crippen LogP contribution is 2.21. The van der Waals surface area contributed by atoms with Gasteiger partial charge in [0.15, 0.2) is 5.69 Å². The normalized spacial score (nSPS) is 10.2. The van der Waals surface area contributed by atoms with E-state index in [1.807, 2.05) is 42.5 Å². The van der Waals surface area contributed by atoms with E-state index in [0.717, 1.165) is 11.1 Å². The maximum absolute atomic E-state index is 9.17. The van der Waals surface area contributed by atoms with Crippen LogP contribution >= 0.6 is 0 Å². The molecule has 0 aliphatic rings. The maximum atomic E-state index is 9.17. The molecule has 0 unspecified atom stereocenters. The summed E-state index contributed by atoms with van der Waals surface area (Å²) in [6.45, 7) is 0.569. The summed E-state index contributed by atoms with van der Waals surface area (Å²) in [5.74, 6) is 0. The Morgan fingerprint density at radius 3 is 2.65 bits per heavy atom. The summed E-state index contributed by atoms with van der Waals surface area (Å²) < 4.78 is 1.73. The molecule has 0 saturated carbocycles. The topological polar surface area (TPSA) is 67.4 Å². The van der Waals surface area contributed by atoms with E-state index in [2.05, 4.69) is 21.4 Å². The minimum absolute atomic E-state index is 0.314. The highest BCUT2D eigenvalue weighted by atomic mass is 15.4. The molecule has 96 valence electrons. The standard InChI is InChI=1S/C15H11N5/c16-9-14-15(13-7-4-8-17-10-13)20(19-18-14)11-12-5-2-1-3-6-12/h1-8,10H,11H2. The average molecular weight is 261 g/mol. The minimum Gasteiger partial charge on any atom is -0.264 e. The Bertz CT molecular complexity index is 741. The van der Waals surface area contributed by atoms with E-state index in [0.29, 0.717) is 17.9 Å². The molecule has 2 aromatic heterocycles. The van der Waals surface area contributed by atoms with Crippen molar-refractivity contribution in [1.82, 2.24) is 20.0 Å². The summed E-state index contributed by atoms with van der Waals surface area (Å²) in [5, 5.41) is 17.2. The molecule has 0 N–H and O–H groups in total. The lowest BCUT2D eigenvalue weighted by Crippen LogP contribution is -2.04. The molecule has 0 atom stereocenters. The number of hydrogen-bond acceptors (Lipinski definition) is 4. The molecule has 5 nitrogen and oxygen atoms in total. The zero-order valence-electron chi connectivity index (χ0n) is 10.6. The molecule has 0 fully saturated rings. The first-order valence-corrected chi connectivity index (χ1v) is 6.16. The quantitative estimate of drug-likeness (QED) is 0.725. The van der Waals surface area contributed by atoms with Gasteiger partial charge >= 0.3 is 0 Å². The maximum Gasteiger partial charge on any atom is 0.190 e. The van der Waals surface area contributed by atoms with Gasteiger partial charge in [0.25, 0.3) is 0 Å². The van der Waals surface area contributed by atoms with Crippen LogP contribution < -0.4 is 0 Å². The fourth-order valence-electron chi connectivity index (χ4n) is 2.04. The molecule has 1 aromatic carbocycles. The summed E-state index contributed by atoms with van der Waals surface area (Å²) in [6, 6.07) is 15.7. The van der Waals surface area contributed by atoms with Gasteiger partial charge < -0.3 is 0 Å². The molecule has 3 aromatic rings. The van der Waals surface area contributed by atoms with Crippen molar-refractivity contribution in [3.05, 3.63) is 66.1 Å². The smallest absolute Gasteiger partial charge is 0.190 e. The zero-order chi connectivity index (χ0) is 13.8. The Hall–Kier alpha value is -3.00.